The van der Waals surface area contributed by atoms with Crippen molar-refractivity contribution in [2.75, 3.05) is 5.73 Å². The molecule has 0 atom stereocenters. The monoisotopic (exact) mass is 295 g/mol. The molecular weight excluding hydrogens is 289 g/mol. The molecule has 0 radical (unpaired) electrons. The number of anilines is 1. The molecular formula is C12H7ClFN3OS. The van der Waals surface area contributed by atoms with Crippen LogP contribution in [0.2, 0.25) is 5.02 Å². The summed E-state index contributed by atoms with van der Waals surface area (Å²) in [7, 11) is 0. The Kier molecular flexibility index (Phi) is 2.96. The summed E-state index contributed by atoms with van der Waals surface area (Å²) in [6.07, 6.45) is 0. The molecule has 0 aliphatic rings. The number of fused-ring (bicyclic) bond motifs is 1. The van der Waals surface area contributed by atoms with Crippen LogP contribution in [0.3, 0.4) is 0 Å². The molecule has 2 N–H and O–H groups in total. The second-order valence-corrected chi connectivity index (χ2v) is 4.98. The van der Waals surface area contributed by atoms with Crippen LogP contribution in [0.25, 0.3) is 10.2 Å². The van der Waals surface area contributed by atoms with Crippen molar-refractivity contribution in [3.05, 3.63) is 40.5 Å². The Morgan fingerprint density at radius 2 is 2.11 bits per heavy atom. The van der Waals surface area contributed by atoms with Crippen molar-refractivity contribution in [2.24, 2.45) is 0 Å². The third kappa shape index (κ3) is 2.20. The predicted molar refractivity (Wildman–Crippen MR) is 73.3 cm³/mol. The molecule has 0 saturated carbocycles. The predicted octanol–water partition coefficient (Wildman–Crippen LogP) is 3.86. The van der Waals surface area contributed by atoms with Crippen molar-refractivity contribution in [2.45, 2.75) is 0 Å². The summed E-state index contributed by atoms with van der Waals surface area (Å²) in [5.41, 5.74) is 5.59. The van der Waals surface area contributed by atoms with E-state index in [0.29, 0.717) is 10.2 Å². The zero-order valence-corrected chi connectivity index (χ0v) is 11.0. The third-order valence-electron chi connectivity index (χ3n) is 2.43. The number of nitrogen functional groups attached to an aromatic ring is 1. The van der Waals surface area contributed by atoms with Gasteiger partial charge in [-0.3, -0.25) is 0 Å². The molecule has 1 aromatic carbocycles. The Labute approximate surface area is 116 Å². The number of rotatable bonds is 2. The molecule has 4 nitrogen and oxygen atoms in total. The van der Waals surface area contributed by atoms with Crippen LogP contribution >= 0.6 is 22.9 Å². The summed E-state index contributed by atoms with van der Waals surface area (Å²) in [5.74, 6) is -0.347. The summed E-state index contributed by atoms with van der Waals surface area (Å²) in [5, 5.41) is 2.50. The highest BCUT2D eigenvalue weighted by Crippen LogP contribution is 2.33. The summed E-state index contributed by atoms with van der Waals surface area (Å²) < 4.78 is 19.2. The average molecular weight is 296 g/mol. The lowest BCUT2D eigenvalue weighted by molar-refractivity contribution is 0.432. The molecule has 3 rings (SSSR count). The van der Waals surface area contributed by atoms with Crippen molar-refractivity contribution in [3.63, 3.8) is 0 Å². The largest absolute Gasteiger partial charge is 0.435 e. The highest BCUT2D eigenvalue weighted by molar-refractivity contribution is 7.16. The lowest BCUT2D eigenvalue weighted by Crippen LogP contribution is -1.98. The summed E-state index contributed by atoms with van der Waals surface area (Å²) in [6.45, 7) is 0. The van der Waals surface area contributed by atoms with E-state index in [1.165, 1.54) is 23.5 Å². The van der Waals surface area contributed by atoms with Crippen molar-refractivity contribution in [3.8, 4) is 11.6 Å². The second-order valence-electron chi connectivity index (χ2n) is 3.68. The Bertz CT molecular complexity index is 762. The van der Waals surface area contributed by atoms with E-state index in [-0.39, 0.29) is 22.6 Å². The van der Waals surface area contributed by atoms with Crippen LogP contribution < -0.4 is 10.5 Å². The van der Waals surface area contributed by atoms with E-state index >= 15 is 0 Å². The van der Waals surface area contributed by atoms with Gasteiger partial charge >= 0.3 is 0 Å². The van der Waals surface area contributed by atoms with Crippen LogP contribution in [0.5, 0.6) is 11.6 Å². The maximum atomic E-state index is 13.8. The average Bonchev–Trinajstić information content (AvgIpc) is 2.83. The topological polar surface area (TPSA) is 61.0 Å². The number of hydrogen-bond acceptors (Lipinski definition) is 5. The number of nitrogens with two attached hydrogens (primary N) is 1. The maximum absolute atomic E-state index is 13.8. The molecule has 0 bridgehead atoms. The molecule has 0 aliphatic carbocycles. The first-order chi connectivity index (χ1) is 9.15. The van der Waals surface area contributed by atoms with Gasteiger partial charge in [-0.25, -0.2) is 9.37 Å². The molecule has 3 aromatic rings. The van der Waals surface area contributed by atoms with E-state index in [1.54, 1.807) is 12.1 Å². The van der Waals surface area contributed by atoms with Gasteiger partial charge in [0.25, 0.3) is 0 Å². The van der Waals surface area contributed by atoms with Gasteiger partial charge in [0.1, 0.15) is 4.83 Å². The minimum absolute atomic E-state index is 0.00176. The van der Waals surface area contributed by atoms with Crippen molar-refractivity contribution >= 4 is 39.1 Å². The van der Waals surface area contributed by atoms with Gasteiger partial charge in [-0.05, 0) is 23.6 Å². The number of thiophene rings is 1. The Balaban J connectivity index is 2.10. The van der Waals surface area contributed by atoms with Gasteiger partial charge in [-0.15, -0.1) is 11.3 Å². The zero-order chi connectivity index (χ0) is 13.4. The first kappa shape index (κ1) is 12.1. The van der Waals surface area contributed by atoms with E-state index in [4.69, 9.17) is 22.1 Å². The SMILES string of the molecule is Nc1nc(Oc2cccc(Cl)c2F)c2ccsc2n1. The molecule has 0 unspecified atom stereocenters. The molecule has 96 valence electrons. The van der Waals surface area contributed by atoms with Crippen LogP contribution in [-0.4, -0.2) is 9.97 Å². The van der Waals surface area contributed by atoms with Crippen molar-refractivity contribution < 1.29 is 9.13 Å². The summed E-state index contributed by atoms with van der Waals surface area (Å²) in [4.78, 5) is 8.73. The van der Waals surface area contributed by atoms with E-state index in [0.717, 1.165) is 0 Å². The summed E-state index contributed by atoms with van der Waals surface area (Å²) in [6, 6.07) is 6.29. The van der Waals surface area contributed by atoms with Gasteiger partial charge in [0.15, 0.2) is 11.6 Å². The maximum Gasteiger partial charge on any atom is 0.233 e. The molecule has 0 spiro atoms. The van der Waals surface area contributed by atoms with Gasteiger partial charge < -0.3 is 10.5 Å². The van der Waals surface area contributed by atoms with E-state index in [9.17, 15) is 4.39 Å². The van der Waals surface area contributed by atoms with Gasteiger partial charge in [0.05, 0.1) is 10.4 Å². The fourth-order valence-electron chi connectivity index (χ4n) is 1.59. The van der Waals surface area contributed by atoms with Gasteiger partial charge in [0.2, 0.25) is 11.8 Å². The minimum atomic E-state index is -0.635. The number of nitrogens with zero attached hydrogens (tertiary/aromatic N) is 2. The lowest BCUT2D eigenvalue weighted by atomic mass is 10.3. The fraction of sp³-hybridized carbons (Fsp3) is 0. The van der Waals surface area contributed by atoms with Crippen LogP contribution in [0.4, 0.5) is 10.3 Å². The first-order valence-corrected chi connectivity index (χ1v) is 6.53. The Hall–Kier alpha value is -1.92. The quantitative estimate of drug-likeness (QED) is 0.780. The van der Waals surface area contributed by atoms with E-state index in [2.05, 4.69) is 9.97 Å². The number of aromatic nitrogens is 2. The standard InChI is InChI=1S/C12H7ClFN3OS/c13-7-2-1-3-8(9(7)14)18-10-6-4-5-19-11(6)17-12(15)16-10/h1-5H,(H2,15,16,17). The third-order valence-corrected chi connectivity index (χ3v) is 3.53. The number of benzene rings is 1. The van der Waals surface area contributed by atoms with Gasteiger partial charge in [-0.1, -0.05) is 17.7 Å². The van der Waals surface area contributed by atoms with Gasteiger partial charge in [0, 0.05) is 0 Å². The number of hydrogen-bond donors (Lipinski definition) is 1. The molecule has 7 heteroatoms. The van der Waals surface area contributed by atoms with Crippen LogP contribution in [0, 0.1) is 5.82 Å². The highest BCUT2D eigenvalue weighted by atomic mass is 35.5. The molecule has 19 heavy (non-hydrogen) atoms. The minimum Gasteiger partial charge on any atom is -0.435 e. The van der Waals surface area contributed by atoms with E-state index in [1.807, 2.05) is 5.38 Å². The van der Waals surface area contributed by atoms with Gasteiger partial charge in [-0.2, -0.15) is 4.98 Å². The van der Waals surface area contributed by atoms with Crippen LogP contribution in [-0.2, 0) is 0 Å². The van der Waals surface area contributed by atoms with Crippen molar-refractivity contribution in [1.82, 2.24) is 9.97 Å². The zero-order valence-electron chi connectivity index (χ0n) is 9.43. The Morgan fingerprint density at radius 1 is 1.26 bits per heavy atom. The molecule has 0 amide bonds. The first-order valence-electron chi connectivity index (χ1n) is 5.28. The Morgan fingerprint density at radius 3 is 2.95 bits per heavy atom. The van der Waals surface area contributed by atoms with Crippen LogP contribution in [0.1, 0.15) is 0 Å². The molecule has 0 fully saturated rings. The van der Waals surface area contributed by atoms with Crippen molar-refractivity contribution in [1.29, 1.82) is 0 Å². The van der Waals surface area contributed by atoms with Crippen LogP contribution in [0.15, 0.2) is 29.6 Å². The normalized spacial score (nSPS) is 10.8. The molecule has 0 saturated heterocycles. The lowest BCUT2D eigenvalue weighted by Gasteiger charge is -2.07. The second kappa shape index (κ2) is 4.64. The smallest absolute Gasteiger partial charge is 0.233 e. The molecule has 2 heterocycles. The number of ether oxygens (including phenoxy) is 1. The highest BCUT2D eigenvalue weighted by Gasteiger charge is 2.13. The number of halogens is 2. The molecule has 0 aliphatic heterocycles. The fourth-order valence-corrected chi connectivity index (χ4v) is 2.52. The summed E-state index contributed by atoms with van der Waals surface area (Å²) >= 11 is 7.10. The van der Waals surface area contributed by atoms with E-state index < -0.39 is 5.82 Å². The molecule has 2 aromatic heterocycles.